The van der Waals surface area contributed by atoms with Crippen LogP contribution in [0.25, 0.3) is 0 Å². The zero-order chi connectivity index (χ0) is 14.1. The third-order valence-electron chi connectivity index (χ3n) is 3.17. The molecule has 0 N–H and O–H groups in total. The summed E-state index contributed by atoms with van der Waals surface area (Å²) < 4.78 is 5.63. The van der Waals surface area contributed by atoms with E-state index in [1.165, 1.54) is 12.8 Å². The zero-order valence-electron chi connectivity index (χ0n) is 12.3. The van der Waals surface area contributed by atoms with E-state index in [4.69, 9.17) is 4.74 Å². The van der Waals surface area contributed by atoms with Gasteiger partial charge in [-0.25, -0.2) is 0 Å². The molecule has 0 radical (unpaired) electrons. The summed E-state index contributed by atoms with van der Waals surface area (Å²) in [6.07, 6.45) is 3.47. The smallest absolute Gasteiger partial charge is 0.253 e. The Morgan fingerprint density at radius 3 is 2.21 bits per heavy atom. The second-order valence-corrected chi connectivity index (χ2v) is 4.56. The predicted octanol–water partition coefficient (Wildman–Crippen LogP) is 3.74. The highest BCUT2D eigenvalue weighted by molar-refractivity contribution is 5.94. The fraction of sp³-hybridized carbons (Fsp3) is 0.562. The Labute approximate surface area is 116 Å². The topological polar surface area (TPSA) is 29.5 Å². The molecule has 0 heterocycles. The van der Waals surface area contributed by atoms with Gasteiger partial charge in [0.2, 0.25) is 0 Å². The van der Waals surface area contributed by atoms with Crippen LogP contribution < -0.4 is 4.74 Å². The fourth-order valence-electron chi connectivity index (χ4n) is 1.93. The van der Waals surface area contributed by atoms with Crippen LogP contribution in [0, 0.1) is 0 Å². The van der Waals surface area contributed by atoms with Crippen LogP contribution in [0.5, 0.6) is 5.75 Å². The van der Waals surface area contributed by atoms with Crippen molar-refractivity contribution >= 4 is 5.91 Å². The number of rotatable bonds is 8. The van der Waals surface area contributed by atoms with Gasteiger partial charge in [-0.1, -0.05) is 19.8 Å². The Kier molecular flexibility index (Phi) is 7.01. The molecule has 0 aliphatic carbocycles. The van der Waals surface area contributed by atoms with Crippen LogP contribution in [0.15, 0.2) is 24.3 Å². The average Bonchev–Trinajstić information content (AvgIpc) is 2.45. The van der Waals surface area contributed by atoms with Crippen molar-refractivity contribution < 1.29 is 9.53 Å². The molecule has 0 saturated carbocycles. The van der Waals surface area contributed by atoms with Crippen LogP contribution >= 0.6 is 0 Å². The first-order valence-corrected chi connectivity index (χ1v) is 7.25. The monoisotopic (exact) mass is 263 g/mol. The lowest BCUT2D eigenvalue weighted by Gasteiger charge is -2.18. The van der Waals surface area contributed by atoms with Crippen LogP contribution in [0.2, 0.25) is 0 Å². The van der Waals surface area contributed by atoms with Crippen molar-refractivity contribution in [3.8, 4) is 5.75 Å². The van der Waals surface area contributed by atoms with Crippen molar-refractivity contribution in [2.75, 3.05) is 19.7 Å². The van der Waals surface area contributed by atoms with Crippen LogP contribution in [-0.2, 0) is 0 Å². The van der Waals surface area contributed by atoms with Crippen LogP contribution in [0.1, 0.15) is 50.4 Å². The Hall–Kier alpha value is -1.51. The lowest BCUT2D eigenvalue weighted by atomic mass is 10.2. The predicted molar refractivity (Wildman–Crippen MR) is 78.7 cm³/mol. The van der Waals surface area contributed by atoms with Gasteiger partial charge in [-0.05, 0) is 44.5 Å². The van der Waals surface area contributed by atoms with Gasteiger partial charge in [0.1, 0.15) is 5.75 Å². The third kappa shape index (κ3) is 4.93. The van der Waals surface area contributed by atoms with Crippen molar-refractivity contribution in [1.29, 1.82) is 0 Å². The molecule has 1 amide bonds. The largest absolute Gasteiger partial charge is 0.494 e. The Balaban J connectivity index is 2.53. The van der Waals surface area contributed by atoms with Gasteiger partial charge in [0.25, 0.3) is 5.91 Å². The van der Waals surface area contributed by atoms with Gasteiger partial charge in [0.15, 0.2) is 0 Å². The van der Waals surface area contributed by atoms with Crippen LogP contribution in [0.3, 0.4) is 0 Å². The van der Waals surface area contributed by atoms with E-state index in [-0.39, 0.29) is 5.91 Å². The molecule has 1 rings (SSSR count). The lowest BCUT2D eigenvalue weighted by molar-refractivity contribution is 0.0773. The molecule has 3 heteroatoms. The molecule has 0 unspecified atom stereocenters. The molecule has 0 spiro atoms. The normalized spacial score (nSPS) is 10.3. The van der Waals surface area contributed by atoms with E-state index in [9.17, 15) is 4.79 Å². The number of unbranched alkanes of at least 4 members (excludes halogenated alkanes) is 2. The second kappa shape index (κ2) is 8.57. The molecule has 0 saturated heterocycles. The van der Waals surface area contributed by atoms with E-state index < -0.39 is 0 Å². The standard InChI is InChI=1S/C16H25NO2/c1-4-7-8-13-19-15-11-9-14(10-12-15)16(18)17(5-2)6-3/h9-12H,4-8,13H2,1-3H3. The summed E-state index contributed by atoms with van der Waals surface area (Å²) in [6, 6.07) is 7.44. The molecule has 3 nitrogen and oxygen atoms in total. The van der Waals surface area contributed by atoms with E-state index in [2.05, 4.69) is 6.92 Å². The highest BCUT2D eigenvalue weighted by Crippen LogP contribution is 2.14. The van der Waals surface area contributed by atoms with E-state index in [1.54, 1.807) is 0 Å². The van der Waals surface area contributed by atoms with Crippen molar-refractivity contribution in [3.63, 3.8) is 0 Å². The number of nitrogens with zero attached hydrogens (tertiary/aromatic N) is 1. The van der Waals surface area contributed by atoms with E-state index in [0.29, 0.717) is 0 Å². The number of benzene rings is 1. The fourth-order valence-corrected chi connectivity index (χ4v) is 1.93. The highest BCUT2D eigenvalue weighted by Gasteiger charge is 2.11. The second-order valence-electron chi connectivity index (χ2n) is 4.56. The molecular weight excluding hydrogens is 238 g/mol. The maximum atomic E-state index is 12.1. The molecule has 106 valence electrons. The first kappa shape index (κ1) is 15.5. The van der Waals surface area contributed by atoms with Gasteiger partial charge < -0.3 is 9.64 Å². The summed E-state index contributed by atoms with van der Waals surface area (Å²) in [5.74, 6) is 0.926. The summed E-state index contributed by atoms with van der Waals surface area (Å²) in [5.41, 5.74) is 0.726. The number of carbonyl (C=O) groups excluding carboxylic acids is 1. The minimum atomic E-state index is 0.0857. The van der Waals surface area contributed by atoms with Gasteiger partial charge in [-0.15, -0.1) is 0 Å². The lowest BCUT2D eigenvalue weighted by Crippen LogP contribution is -2.30. The molecule has 0 atom stereocenters. The first-order valence-electron chi connectivity index (χ1n) is 7.25. The number of hydrogen-bond donors (Lipinski definition) is 0. The Morgan fingerprint density at radius 2 is 1.68 bits per heavy atom. The number of amides is 1. The first-order chi connectivity index (χ1) is 9.22. The molecule has 0 bridgehead atoms. The number of hydrogen-bond acceptors (Lipinski definition) is 2. The van der Waals surface area contributed by atoms with Gasteiger partial charge in [-0.3, -0.25) is 4.79 Å². The maximum Gasteiger partial charge on any atom is 0.253 e. The Morgan fingerprint density at radius 1 is 1.05 bits per heavy atom. The van der Waals surface area contributed by atoms with Crippen molar-refractivity contribution in [2.24, 2.45) is 0 Å². The Bertz CT molecular complexity index is 369. The summed E-state index contributed by atoms with van der Waals surface area (Å²) >= 11 is 0. The van der Waals surface area contributed by atoms with Crippen LogP contribution in [0.4, 0.5) is 0 Å². The van der Waals surface area contributed by atoms with Gasteiger partial charge >= 0.3 is 0 Å². The maximum absolute atomic E-state index is 12.1. The van der Waals surface area contributed by atoms with Crippen molar-refractivity contribution in [3.05, 3.63) is 29.8 Å². The van der Waals surface area contributed by atoms with Crippen molar-refractivity contribution in [1.82, 2.24) is 4.90 Å². The van der Waals surface area contributed by atoms with Gasteiger partial charge in [0, 0.05) is 18.7 Å². The average molecular weight is 263 g/mol. The van der Waals surface area contributed by atoms with Crippen LogP contribution in [-0.4, -0.2) is 30.5 Å². The molecule has 19 heavy (non-hydrogen) atoms. The van der Waals surface area contributed by atoms with E-state index in [1.807, 2.05) is 43.0 Å². The molecule has 0 aliphatic heterocycles. The molecule has 1 aromatic carbocycles. The SMILES string of the molecule is CCCCCOc1ccc(C(=O)N(CC)CC)cc1. The molecule has 0 aliphatic rings. The number of ether oxygens (including phenoxy) is 1. The summed E-state index contributed by atoms with van der Waals surface area (Å²) in [4.78, 5) is 13.9. The van der Waals surface area contributed by atoms with E-state index >= 15 is 0 Å². The quantitative estimate of drug-likeness (QED) is 0.669. The molecular formula is C16H25NO2. The zero-order valence-corrected chi connectivity index (χ0v) is 12.3. The number of carbonyl (C=O) groups is 1. The summed E-state index contributed by atoms with van der Waals surface area (Å²) in [5, 5.41) is 0. The van der Waals surface area contributed by atoms with Gasteiger partial charge in [-0.2, -0.15) is 0 Å². The molecule has 1 aromatic rings. The molecule has 0 fully saturated rings. The highest BCUT2D eigenvalue weighted by atomic mass is 16.5. The third-order valence-corrected chi connectivity index (χ3v) is 3.17. The van der Waals surface area contributed by atoms with Crippen molar-refractivity contribution in [2.45, 2.75) is 40.0 Å². The van der Waals surface area contributed by atoms with Gasteiger partial charge in [0.05, 0.1) is 6.61 Å². The summed E-state index contributed by atoms with van der Waals surface area (Å²) in [6.45, 7) is 8.39. The minimum absolute atomic E-state index is 0.0857. The summed E-state index contributed by atoms with van der Waals surface area (Å²) in [7, 11) is 0. The molecule has 0 aromatic heterocycles. The minimum Gasteiger partial charge on any atom is -0.494 e. The van der Waals surface area contributed by atoms with E-state index in [0.717, 1.165) is 37.4 Å².